The molecule has 0 bridgehead atoms. The maximum atomic E-state index is 13.4. The van der Waals surface area contributed by atoms with E-state index in [0.29, 0.717) is 12.5 Å². The molecule has 0 radical (unpaired) electrons. The van der Waals surface area contributed by atoms with Crippen molar-refractivity contribution in [2.75, 3.05) is 6.54 Å². The van der Waals surface area contributed by atoms with Crippen LogP contribution in [0, 0.1) is 11.7 Å². The van der Waals surface area contributed by atoms with Crippen LogP contribution in [0.15, 0.2) is 23.1 Å². The first-order valence-electron chi connectivity index (χ1n) is 6.98. The van der Waals surface area contributed by atoms with Crippen LogP contribution in [0.2, 0.25) is 0 Å². The molecule has 1 saturated carbocycles. The fourth-order valence-corrected chi connectivity index (χ4v) is 3.28. The Morgan fingerprint density at radius 1 is 1.33 bits per heavy atom. The first-order chi connectivity index (χ1) is 9.88. The molecule has 0 unspecified atom stereocenters. The number of sulfonamides is 1. The van der Waals surface area contributed by atoms with Crippen molar-refractivity contribution in [2.24, 2.45) is 11.1 Å². The van der Waals surface area contributed by atoms with Crippen molar-refractivity contribution in [3.05, 3.63) is 29.6 Å². The van der Waals surface area contributed by atoms with E-state index in [0.717, 1.165) is 18.6 Å². The molecule has 0 spiro atoms. The molecule has 1 aliphatic rings. The smallest absolute Gasteiger partial charge is 0.251 e. The Morgan fingerprint density at radius 3 is 2.62 bits per heavy atom. The highest BCUT2D eigenvalue weighted by Crippen LogP contribution is 2.26. The summed E-state index contributed by atoms with van der Waals surface area (Å²) in [6, 6.07) is 3.15. The molecular weight excluding hydrogens is 295 g/mol. The Bertz CT molecular complexity index is 625. The molecule has 1 aromatic rings. The van der Waals surface area contributed by atoms with Gasteiger partial charge in [0, 0.05) is 12.1 Å². The lowest BCUT2D eigenvalue weighted by Gasteiger charge is -2.10. The molecule has 2 rings (SSSR count). The van der Waals surface area contributed by atoms with E-state index in [9.17, 15) is 17.6 Å². The molecule has 0 atom stereocenters. The minimum absolute atomic E-state index is 0.0897. The van der Waals surface area contributed by atoms with Crippen LogP contribution in [0.1, 0.15) is 42.5 Å². The highest BCUT2D eigenvalue weighted by molar-refractivity contribution is 7.89. The number of nitrogens with one attached hydrogen (secondary N) is 1. The zero-order valence-corrected chi connectivity index (χ0v) is 12.5. The Morgan fingerprint density at radius 2 is 2.00 bits per heavy atom. The monoisotopic (exact) mass is 314 g/mol. The molecule has 0 heterocycles. The van der Waals surface area contributed by atoms with Gasteiger partial charge in [0.05, 0.1) is 0 Å². The summed E-state index contributed by atoms with van der Waals surface area (Å²) in [5.74, 6) is -0.726. The van der Waals surface area contributed by atoms with E-state index in [4.69, 9.17) is 5.14 Å². The summed E-state index contributed by atoms with van der Waals surface area (Å²) in [4.78, 5) is 11.3. The summed E-state index contributed by atoms with van der Waals surface area (Å²) in [5.41, 5.74) is 0.0897. The van der Waals surface area contributed by atoms with Gasteiger partial charge >= 0.3 is 0 Å². The van der Waals surface area contributed by atoms with Gasteiger partial charge in [0.2, 0.25) is 10.0 Å². The number of carbonyl (C=O) groups excluding carboxylic acids is 1. The highest BCUT2D eigenvalue weighted by atomic mass is 32.2. The second kappa shape index (κ2) is 6.53. The van der Waals surface area contributed by atoms with Gasteiger partial charge in [-0.15, -0.1) is 0 Å². The summed E-state index contributed by atoms with van der Waals surface area (Å²) >= 11 is 0. The number of rotatable bonds is 5. The van der Waals surface area contributed by atoms with Crippen molar-refractivity contribution in [2.45, 2.75) is 37.0 Å². The summed E-state index contributed by atoms with van der Waals surface area (Å²) < 4.78 is 35.8. The number of hydrogen-bond donors (Lipinski definition) is 2. The molecule has 1 aromatic carbocycles. The number of amides is 1. The summed E-state index contributed by atoms with van der Waals surface area (Å²) in [6.45, 7) is 0.533. The van der Waals surface area contributed by atoms with Crippen molar-refractivity contribution < 1.29 is 17.6 Å². The van der Waals surface area contributed by atoms with Crippen LogP contribution in [0.3, 0.4) is 0 Å². The molecule has 0 aliphatic heterocycles. The lowest BCUT2D eigenvalue weighted by atomic mass is 10.0. The van der Waals surface area contributed by atoms with Crippen molar-refractivity contribution >= 4 is 15.9 Å². The second-order valence-corrected chi connectivity index (χ2v) is 6.92. The predicted octanol–water partition coefficient (Wildman–Crippen LogP) is 1.78. The summed E-state index contributed by atoms with van der Waals surface area (Å²) in [5, 5.41) is 7.64. The van der Waals surface area contributed by atoms with Gasteiger partial charge in [-0.05, 0) is 30.5 Å². The number of primary sulfonamides is 1. The first-order valence-corrected chi connectivity index (χ1v) is 8.53. The Labute approximate surface area is 123 Å². The topological polar surface area (TPSA) is 89.3 Å². The number of benzene rings is 1. The minimum atomic E-state index is -4.18. The fraction of sp³-hybridized carbons (Fsp3) is 0.500. The third kappa shape index (κ3) is 4.25. The Kier molecular flexibility index (Phi) is 4.95. The molecular formula is C14H19FN2O3S. The van der Waals surface area contributed by atoms with Crippen molar-refractivity contribution in [1.82, 2.24) is 5.32 Å². The van der Waals surface area contributed by atoms with Gasteiger partial charge in [-0.3, -0.25) is 4.79 Å². The van der Waals surface area contributed by atoms with Gasteiger partial charge in [0.25, 0.3) is 5.91 Å². The van der Waals surface area contributed by atoms with Crippen molar-refractivity contribution in [3.63, 3.8) is 0 Å². The largest absolute Gasteiger partial charge is 0.352 e. The molecule has 5 nitrogen and oxygen atoms in total. The van der Waals surface area contributed by atoms with Gasteiger partial charge in [-0.1, -0.05) is 25.7 Å². The third-order valence-corrected chi connectivity index (χ3v) is 4.74. The van der Waals surface area contributed by atoms with E-state index in [1.165, 1.54) is 31.7 Å². The summed E-state index contributed by atoms with van der Waals surface area (Å²) in [7, 11) is -4.18. The maximum Gasteiger partial charge on any atom is 0.251 e. The molecule has 7 heteroatoms. The van der Waals surface area contributed by atoms with Crippen molar-refractivity contribution in [1.29, 1.82) is 0 Å². The molecule has 116 valence electrons. The molecule has 3 N–H and O–H groups in total. The van der Waals surface area contributed by atoms with Crippen molar-refractivity contribution in [3.8, 4) is 0 Å². The van der Waals surface area contributed by atoms with E-state index in [1.807, 2.05) is 0 Å². The zero-order chi connectivity index (χ0) is 15.5. The minimum Gasteiger partial charge on any atom is -0.352 e. The maximum absolute atomic E-state index is 13.4. The lowest BCUT2D eigenvalue weighted by Crippen LogP contribution is -2.26. The van der Waals surface area contributed by atoms with E-state index < -0.39 is 26.6 Å². The normalized spacial score (nSPS) is 16.1. The van der Waals surface area contributed by atoms with Crippen LogP contribution in [-0.2, 0) is 10.0 Å². The fourth-order valence-electron chi connectivity index (χ4n) is 2.65. The van der Waals surface area contributed by atoms with Gasteiger partial charge in [0.15, 0.2) is 0 Å². The van der Waals surface area contributed by atoms with Gasteiger partial charge in [-0.25, -0.2) is 17.9 Å². The number of nitrogens with two attached hydrogens (primary N) is 1. The molecule has 0 saturated heterocycles. The van der Waals surface area contributed by atoms with Crippen LogP contribution in [0.5, 0.6) is 0 Å². The molecule has 1 fully saturated rings. The van der Waals surface area contributed by atoms with Gasteiger partial charge in [-0.2, -0.15) is 0 Å². The number of carbonyl (C=O) groups is 1. The molecule has 1 amide bonds. The Hall–Kier alpha value is -1.47. The van der Waals surface area contributed by atoms with E-state index in [-0.39, 0.29) is 5.56 Å². The average Bonchev–Trinajstić information content (AvgIpc) is 2.91. The van der Waals surface area contributed by atoms with Crippen LogP contribution in [0.25, 0.3) is 0 Å². The number of halogens is 1. The van der Waals surface area contributed by atoms with Crippen LogP contribution < -0.4 is 10.5 Å². The third-order valence-electron chi connectivity index (χ3n) is 3.81. The van der Waals surface area contributed by atoms with E-state index in [2.05, 4.69) is 5.32 Å². The molecule has 1 aliphatic carbocycles. The highest BCUT2D eigenvalue weighted by Gasteiger charge is 2.18. The summed E-state index contributed by atoms with van der Waals surface area (Å²) in [6.07, 6.45) is 5.79. The van der Waals surface area contributed by atoms with E-state index in [1.54, 1.807) is 0 Å². The molecule has 0 aromatic heterocycles. The van der Waals surface area contributed by atoms with Crippen LogP contribution >= 0.6 is 0 Å². The predicted molar refractivity (Wildman–Crippen MR) is 76.7 cm³/mol. The SMILES string of the molecule is NS(=O)(=O)c1cc(C(=O)NCCC2CCCC2)ccc1F. The molecule has 21 heavy (non-hydrogen) atoms. The standard InChI is InChI=1S/C14H19FN2O3S/c15-12-6-5-11(9-13(12)21(16,19)20)14(18)17-8-7-10-3-1-2-4-10/h5-6,9-10H,1-4,7-8H2,(H,17,18)(H2,16,19,20). The second-order valence-electron chi connectivity index (χ2n) is 5.39. The quantitative estimate of drug-likeness (QED) is 0.868. The first kappa shape index (κ1) is 15.9. The Balaban J connectivity index is 1.99. The lowest BCUT2D eigenvalue weighted by molar-refractivity contribution is 0.0951. The van der Waals surface area contributed by atoms with Gasteiger partial charge < -0.3 is 5.32 Å². The zero-order valence-electron chi connectivity index (χ0n) is 11.6. The average molecular weight is 314 g/mol. The van der Waals surface area contributed by atoms with Gasteiger partial charge in [0.1, 0.15) is 10.7 Å². The van der Waals surface area contributed by atoms with Crippen LogP contribution in [0.4, 0.5) is 4.39 Å². The van der Waals surface area contributed by atoms with E-state index >= 15 is 0 Å². The van der Waals surface area contributed by atoms with Crippen LogP contribution in [-0.4, -0.2) is 20.9 Å². The number of hydrogen-bond acceptors (Lipinski definition) is 3.